The Morgan fingerprint density at radius 2 is 1.90 bits per heavy atom. The number of carbonyl (C=O) groups excluding carboxylic acids is 1. The predicted molar refractivity (Wildman–Crippen MR) is 82.4 cm³/mol. The summed E-state index contributed by atoms with van der Waals surface area (Å²) in [4.78, 5) is 16.9. The molecule has 0 fully saturated rings. The third kappa shape index (κ3) is 2.65. The number of nitrogens with one attached hydrogen (secondary N) is 1. The Labute approximate surface area is 119 Å². The number of aromatic nitrogens is 1. The Morgan fingerprint density at radius 1 is 1.20 bits per heavy atom. The van der Waals surface area contributed by atoms with Crippen LogP contribution in [0, 0.1) is 5.41 Å². The van der Waals surface area contributed by atoms with E-state index >= 15 is 0 Å². The molecule has 3 N–H and O–H groups in total. The Balaban J connectivity index is 2.25. The lowest BCUT2D eigenvalue weighted by Gasteiger charge is -2.28. The maximum absolute atomic E-state index is 12.4. The van der Waals surface area contributed by atoms with Gasteiger partial charge in [0, 0.05) is 11.9 Å². The van der Waals surface area contributed by atoms with Gasteiger partial charge < -0.3 is 11.1 Å². The summed E-state index contributed by atoms with van der Waals surface area (Å²) in [7, 11) is 0. The Kier molecular flexibility index (Phi) is 4.35. The Morgan fingerprint density at radius 3 is 2.55 bits per heavy atom. The fraction of sp³-hybridized carbons (Fsp3) is 0.375. The molecule has 4 nitrogen and oxygen atoms in total. The minimum absolute atomic E-state index is 0.0484. The molecule has 1 heterocycles. The van der Waals surface area contributed by atoms with Crippen LogP contribution in [0.15, 0.2) is 36.4 Å². The number of rotatable bonds is 5. The first-order valence-electron chi connectivity index (χ1n) is 7.02. The molecule has 106 valence electrons. The molecule has 20 heavy (non-hydrogen) atoms. The zero-order valence-corrected chi connectivity index (χ0v) is 12.0. The number of hydrogen-bond acceptors (Lipinski definition) is 3. The number of para-hydroxylation sites is 1. The van der Waals surface area contributed by atoms with Gasteiger partial charge in [-0.2, -0.15) is 0 Å². The summed E-state index contributed by atoms with van der Waals surface area (Å²) in [6.07, 6.45) is 1.44. The smallest absolute Gasteiger partial charge is 0.233 e. The molecule has 0 aliphatic heterocycles. The lowest BCUT2D eigenvalue weighted by atomic mass is 9.81. The van der Waals surface area contributed by atoms with Crippen LogP contribution in [0.25, 0.3) is 10.9 Å². The molecule has 0 aliphatic carbocycles. The molecule has 4 heteroatoms. The predicted octanol–water partition coefficient (Wildman–Crippen LogP) is 2.94. The highest BCUT2D eigenvalue weighted by atomic mass is 16.2. The Hall–Kier alpha value is -1.94. The van der Waals surface area contributed by atoms with Gasteiger partial charge in [-0.3, -0.25) is 4.79 Å². The number of anilines is 1. The molecule has 1 aromatic heterocycles. The van der Waals surface area contributed by atoms with E-state index in [4.69, 9.17) is 5.73 Å². The molecule has 2 aromatic rings. The highest BCUT2D eigenvalue weighted by molar-refractivity contribution is 5.95. The van der Waals surface area contributed by atoms with E-state index in [1.54, 1.807) is 0 Å². The number of nitrogens with two attached hydrogens (primary N) is 1. The summed E-state index contributed by atoms with van der Waals surface area (Å²) in [6, 6.07) is 11.6. The van der Waals surface area contributed by atoms with Crippen molar-refractivity contribution in [2.75, 3.05) is 11.9 Å². The lowest BCUT2D eigenvalue weighted by Crippen LogP contribution is -2.41. The van der Waals surface area contributed by atoms with Crippen LogP contribution in [0.5, 0.6) is 0 Å². The fourth-order valence-corrected chi connectivity index (χ4v) is 2.34. The minimum Gasteiger partial charge on any atom is -0.329 e. The second kappa shape index (κ2) is 6.01. The summed E-state index contributed by atoms with van der Waals surface area (Å²) in [5.74, 6) is 0.529. The molecular weight excluding hydrogens is 250 g/mol. The van der Waals surface area contributed by atoms with Crippen LogP contribution in [-0.4, -0.2) is 17.4 Å². The van der Waals surface area contributed by atoms with Crippen molar-refractivity contribution in [2.24, 2.45) is 11.1 Å². The molecule has 0 saturated heterocycles. The van der Waals surface area contributed by atoms with Gasteiger partial charge in [0.25, 0.3) is 0 Å². The second-order valence-corrected chi connectivity index (χ2v) is 5.03. The summed E-state index contributed by atoms with van der Waals surface area (Å²) in [5.41, 5.74) is 6.16. The van der Waals surface area contributed by atoms with E-state index < -0.39 is 5.41 Å². The van der Waals surface area contributed by atoms with Crippen molar-refractivity contribution in [1.82, 2.24) is 4.98 Å². The van der Waals surface area contributed by atoms with Gasteiger partial charge in [0.2, 0.25) is 5.91 Å². The highest BCUT2D eigenvalue weighted by Gasteiger charge is 2.33. The number of hydrogen-bond donors (Lipinski definition) is 2. The molecule has 0 saturated carbocycles. The van der Waals surface area contributed by atoms with E-state index in [1.807, 2.05) is 50.2 Å². The van der Waals surface area contributed by atoms with Crippen molar-refractivity contribution in [1.29, 1.82) is 0 Å². The van der Waals surface area contributed by atoms with E-state index in [9.17, 15) is 4.79 Å². The normalized spacial score (nSPS) is 11.6. The van der Waals surface area contributed by atoms with Gasteiger partial charge in [-0.15, -0.1) is 0 Å². The summed E-state index contributed by atoms with van der Waals surface area (Å²) in [6.45, 7) is 4.33. The maximum Gasteiger partial charge on any atom is 0.233 e. The number of amides is 1. The van der Waals surface area contributed by atoms with Crippen LogP contribution in [0.3, 0.4) is 0 Å². The number of benzene rings is 1. The molecule has 0 spiro atoms. The molecule has 0 unspecified atom stereocenters. The molecule has 0 bridgehead atoms. The average molecular weight is 271 g/mol. The first-order valence-corrected chi connectivity index (χ1v) is 7.02. The van der Waals surface area contributed by atoms with Crippen molar-refractivity contribution in [3.05, 3.63) is 36.4 Å². The van der Waals surface area contributed by atoms with E-state index in [0.717, 1.165) is 23.7 Å². The van der Waals surface area contributed by atoms with Gasteiger partial charge in [0.05, 0.1) is 10.9 Å². The van der Waals surface area contributed by atoms with E-state index in [1.165, 1.54) is 0 Å². The second-order valence-electron chi connectivity index (χ2n) is 5.03. The van der Waals surface area contributed by atoms with Crippen molar-refractivity contribution < 1.29 is 4.79 Å². The molecule has 1 aromatic carbocycles. The van der Waals surface area contributed by atoms with Gasteiger partial charge in [-0.25, -0.2) is 4.98 Å². The summed E-state index contributed by atoms with van der Waals surface area (Å²) >= 11 is 0. The number of carbonyl (C=O) groups is 1. The molecule has 0 atom stereocenters. The van der Waals surface area contributed by atoms with Crippen molar-refractivity contribution >= 4 is 22.6 Å². The lowest BCUT2D eigenvalue weighted by molar-refractivity contribution is -0.125. The first-order chi connectivity index (χ1) is 9.65. The molecule has 0 aliphatic rings. The highest BCUT2D eigenvalue weighted by Crippen LogP contribution is 2.27. The summed E-state index contributed by atoms with van der Waals surface area (Å²) < 4.78 is 0. The number of pyridine rings is 1. The molecular formula is C16H21N3O. The van der Waals surface area contributed by atoms with E-state index in [0.29, 0.717) is 12.4 Å². The number of fused-ring (bicyclic) bond motifs is 1. The van der Waals surface area contributed by atoms with Crippen LogP contribution in [0.2, 0.25) is 0 Å². The molecule has 2 rings (SSSR count). The Bertz CT molecular complexity index is 597. The van der Waals surface area contributed by atoms with Crippen LogP contribution < -0.4 is 11.1 Å². The zero-order chi connectivity index (χ0) is 14.6. The van der Waals surface area contributed by atoms with E-state index in [2.05, 4.69) is 10.3 Å². The van der Waals surface area contributed by atoms with Crippen LogP contribution in [-0.2, 0) is 4.79 Å². The van der Waals surface area contributed by atoms with Gasteiger partial charge >= 0.3 is 0 Å². The van der Waals surface area contributed by atoms with Crippen LogP contribution in [0.1, 0.15) is 26.7 Å². The summed E-state index contributed by atoms with van der Waals surface area (Å²) in [5, 5.41) is 3.95. The largest absolute Gasteiger partial charge is 0.329 e. The monoisotopic (exact) mass is 271 g/mol. The molecule has 0 radical (unpaired) electrons. The van der Waals surface area contributed by atoms with Gasteiger partial charge in [-0.1, -0.05) is 32.0 Å². The number of nitrogens with zero attached hydrogens (tertiary/aromatic N) is 1. The minimum atomic E-state index is -0.507. The SMILES string of the molecule is CCC(CC)(CN)C(=O)Nc1ccc2ccccc2n1. The third-order valence-corrected chi connectivity index (χ3v) is 4.07. The maximum atomic E-state index is 12.4. The zero-order valence-electron chi connectivity index (χ0n) is 12.0. The standard InChI is InChI=1S/C16H21N3O/c1-3-16(4-2,11-17)15(20)19-14-10-9-12-7-5-6-8-13(12)18-14/h5-10H,3-4,11,17H2,1-2H3,(H,18,19,20). The van der Waals surface area contributed by atoms with Gasteiger partial charge in [0.15, 0.2) is 0 Å². The van der Waals surface area contributed by atoms with Crippen molar-refractivity contribution in [3.8, 4) is 0 Å². The van der Waals surface area contributed by atoms with Crippen molar-refractivity contribution in [3.63, 3.8) is 0 Å². The quantitative estimate of drug-likeness (QED) is 0.878. The van der Waals surface area contributed by atoms with E-state index in [-0.39, 0.29) is 5.91 Å². The first kappa shape index (κ1) is 14.5. The fourth-order valence-electron chi connectivity index (χ4n) is 2.34. The van der Waals surface area contributed by atoms with Crippen LogP contribution >= 0.6 is 0 Å². The average Bonchev–Trinajstić information content (AvgIpc) is 2.49. The molecule has 1 amide bonds. The van der Waals surface area contributed by atoms with Gasteiger partial charge in [0.1, 0.15) is 5.82 Å². The van der Waals surface area contributed by atoms with Crippen molar-refractivity contribution in [2.45, 2.75) is 26.7 Å². The third-order valence-electron chi connectivity index (χ3n) is 4.07. The topological polar surface area (TPSA) is 68.0 Å². The van der Waals surface area contributed by atoms with Gasteiger partial charge in [-0.05, 0) is 31.0 Å². The van der Waals surface area contributed by atoms with Crippen LogP contribution in [0.4, 0.5) is 5.82 Å².